The molecule has 0 bridgehead atoms. The van der Waals surface area contributed by atoms with Crippen LogP contribution in [0.4, 0.5) is 10.1 Å². The summed E-state index contributed by atoms with van der Waals surface area (Å²) in [5, 5.41) is 2.92. The van der Waals surface area contributed by atoms with Gasteiger partial charge >= 0.3 is 0 Å². The van der Waals surface area contributed by atoms with Crippen LogP contribution in [0.15, 0.2) is 99.6 Å². The Hall–Kier alpha value is -4.02. The lowest BCUT2D eigenvalue weighted by atomic mass is 10.1. The number of rotatable bonds is 10. The zero-order valence-corrected chi connectivity index (χ0v) is 24.2. The summed E-state index contributed by atoms with van der Waals surface area (Å²) in [4.78, 5) is 14.8. The maximum Gasteiger partial charge on any atom is 0.264 e. The molecular weight excluding hydrogens is 563 g/mol. The number of carbonyl (C=O) groups excluding carboxylic acids is 1. The number of ether oxygens (including phenoxy) is 2. The SMILES string of the molecule is COc1ccc(CCNC(=O)c2cc(S(=O)(=O)N3CCc4ccccc43)ccc2Sc2ccc(F)cc2)cc1OC. The number of methoxy groups -OCH3 is 2. The number of carbonyl (C=O) groups is 1. The topological polar surface area (TPSA) is 84.9 Å². The molecule has 10 heteroatoms. The Morgan fingerprint density at radius 3 is 2.46 bits per heavy atom. The Morgan fingerprint density at radius 2 is 1.71 bits per heavy atom. The number of amides is 1. The highest BCUT2D eigenvalue weighted by Crippen LogP contribution is 2.36. The molecule has 0 atom stereocenters. The fourth-order valence-corrected chi connectivity index (χ4v) is 7.16. The lowest BCUT2D eigenvalue weighted by Crippen LogP contribution is -2.30. The van der Waals surface area contributed by atoms with E-state index in [-0.39, 0.29) is 16.3 Å². The molecule has 1 aliphatic heterocycles. The number of hydrogen-bond donors (Lipinski definition) is 1. The Kier molecular flexibility index (Phi) is 8.51. The Morgan fingerprint density at radius 1 is 0.951 bits per heavy atom. The van der Waals surface area contributed by atoms with E-state index in [1.54, 1.807) is 44.6 Å². The van der Waals surface area contributed by atoms with Gasteiger partial charge in [-0.25, -0.2) is 12.8 Å². The van der Waals surface area contributed by atoms with Crippen molar-refractivity contribution in [1.82, 2.24) is 5.32 Å². The molecule has 0 aliphatic carbocycles. The van der Waals surface area contributed by atoms with Crippen molar-refractivity contribution >= 4 is 33.4 Å². The predicted molar refractivity (Wildman–Crippen MR) is 157 cm³/mol. The lowest BCUT2D eigenvalue weighted by Gasteiger charge is -2.20. The van der Waals surface area contributed by atoms with Gasteiger partial charge in [-0.1, -0.05) is 36.0 Å². The lowest BCUT2D eigenvalue weighted by molar-refractivity contribution is 0.0951. The van der Waals surface area contributed by atoms with Crippen LogP contribution in [0.5, 0.6) is 11.5 Å². The molecule has 5 rings (SSSR count). The first-order valence-electron chi connectivity index (χ1n) is 13.0. The minimum absolute atomic E-state index is 0.0303. The van der Waals surface area contributed by atoms with Crippen molar-refractivity contribution in [2.24, 2.45) is 0 Å². The molecule has 0 saturated heterocycles. The number of benzene rings is 4. The number of hydrogen-bond acceptors (Lipinski definition) is 6. The van der Waals surface area contributed by atoms with Crippen LogP contribution in [-0.2, 0) is 22.9 Å². The predicted octanol–water partition coefficient (Wildman–Crippen LogP) is 5.72. The molecule has 0 saturated carbocycles. The number of fused-ring (bicyclic) bond motifs is 1. The van der Waals surface area contributed by atoms with E-state index in [1.807, 2.05) is 30.3 Å². The third-order valence-corrected chi connectivity index (χ3v) is 9.71. The summed E-state index contributed by atoms with van der Waals surface area (Å²) < 4.78 is 52.9. The van der Waals surface area contributed by atoms with Gasteiger partial charge in [-0.15, -0.1) is 0 Å². The highest BCUT2D eigenvalue weighted by molar-refractivity contribution is 7.99. The average molecular weight is 593 g/mol. The molecule has 212 valence electrons. The second-order valence-corrected chi connectivity index (χ2v) is 12.3. The van der Waals surface area contributed by atoms with E-state index in [0.717, 1.165) is 16.0 Å². The number of anilines is 1. The van der Waals surface area contributed by atoms with Gasteiger partial charge in [0, 0.05) is 22.9 Å². The maximum atomic E-state index is 13.7. The number of halogens is 1. The molecule has 0 radical (unpaired) electrons. The average Bonchev–Trinajstić information content (AvgIpc) is 3.43. The molecule has 0 fully saturated rings. The third-order valence-electron chi connectivity index (χ3n) is 6.82. The van der Waals surface area contributed by atoms with Gasteiger partial charge in [0.1, 0.15) is 5.82 Å². The van der Waals surface area contributed by atoms with Gasteiger partial charge in [-0.2, -0.15) is 0 Å². The second-order valence-electron chi connectivity index (χ2n) is 9.37. The molecule has 4 aromatic rings. The van der Waals surface area contributed by atoms with E-state index in [1.165, 1.54) is 40.3 Å². The van der Waals surface area contributed by atoms with E-state index in [9.17, 15) is 17.6 Å². The summed E-state index contributed by atoms with van der Waals surface area (Å²) in [6.45, 7) is 0.645. The smallest absolute Gasteiger partial charge is 0.264 e. The number of sulfonamides is 1. The van der Waals surface area contributed by atoms with Crippen molar-refractivity contribution in [3.05, 3.63) is 107 Å². The maximum absolute atomic E-state index is 13.7. The van der Waals surface area contributed by atoms with E-state index in [0.29, 0.717) is 48.0 Å². The van der Waals surface area contributed by atoms with Crippen molar-refractivity contribution in [3.63, 3.8) is 0 Å². The zero-order chi connectivity index (χ0) is 29.0. The fraction of sp³-hybridized carbons (Fsp3) is 0.194. The minimum Gasteiger partial charge on any atom is -0.493 e. The van der Waals surface area contributed by atoms with Gasteiger partial charge in [0.05, 0.1) is 30.4 Å². The van der Waals surface area contributed by atoms with Crippen LogP contribution in [0.25, 0.3) is 0 Å². The van der Waals surface area contributed by atoms with E-state index >= 15 is 0 Å². The van der Waals surface area contributed by atoms with Crippen LogP contribution in [0.1, 0.15) is 21.5 Å². The van der Waals surface area contributed by atoms with Crippen molar-refractivity contribution in [2.75, 3.05) is 31.6 Å². The number of nitrogens with zero attached hydrogens (tertiary/aromatic N) is 1. The van der Waals surface area contributed by atoms with Crippen LogP contribution >= 0.6 is 11.8 Å². The summed E-state index contributed by atoms with van der Waals surface area (Å²) in [5.41, 5.74) is 2.78. The van der Waals surface area contributed by atoms with Crippen LogP contribution in [0.2, 0.25) is 0 Å². The summed E-state index contributed by atoms with van der Waals surface area (Å²) >= 11 is 1.26. The molecule has 0 spiro atoms. The molecule has 1 heterocycles. The summed E-state index contributed by atoms with van der Waals surface area (Å²) in [6.07, 6.45) is 1.15. The highest BCUT2D eigenvalue weighted by Gasteiger charge is 2.31. The van der Waals surface area contributed by atoms with E-state index in [4.69, 9.17) is 9.47 Å². The third kappa shape index (κ3) is 6.18. The molecular formula is C31H29FN2O5S2. The highest BCUT2D eigenvalue weighted by atomic mass is 32.2. The molecule has 0 aromatic heterocycles. The van der Waals surface area contributed by atoms with Crippen molar-refractivity contribution in [3.8, 4) is 11.5 Å². The number of para-hydroxylation sites is 1. The van der Waals surface area contributed by atoms with Gasteiger partial charge in [0.15, 0.2) is 11.5 Å². The molecule has 1 amide bonds. The molecule has 1 aliphatic rings. The molecule has 1 N–H and O–H groups in total. The fourth-order valence-electron chi connectivity index (χ4n) is 4.70. The molecule has 7 nitrogen and oxygen atoms in total. The first-order chi connectivity index (χ1) is 19.8. The zero-order valence-electron chi connectivity index (χ0n) is 22.6. The van der Waals surface area contributed by atoms with E-state index < -0.39 is 15.9 Å². The van der Waals surface area contributed by atoms with Gasteiger partial charge in [0.2, 0.25) is 0 Å². The summed E-state index contributed by atoms with van der Waals surface area (Å²) in [7, 11) is -0.786. The monoisotopic (exact) mass is 592 g/mol. The van der Waals surface area contributed by atoms with Gasteiger partial charge in [-0.05, 0) is 84.6 Å². The van der Waals surface area contributed by atoms with Crippen LogP contribution in [0, 0.1) is 5.82 Å². The summed E-state index contributed by atoms with van der Waals surface area (Å²) in [6, 6.07) is 23.4. The van der Waals surface area contributed by atoms with E-state index in [2.05, 4.69) is 5.32 Å². The first kappa shape index (κ1) is 28.5. The second kappa shape index (κ2) is 12.2. The summed E-state index contributed by atoms with van der Waals surface area (Å²) in [5.74, 6) is 0.431. The minimum atomic E-state index is -3.91. The standard InChI is InChI=1S/C31H29FN2O5S2/c1-38-28-13-7-21(19-29(28)39-2)15-17-33-31(35)26-20-25(12-14-30(26)40-24-10-8-23(32)9-11-24)41(36,37)34-18-16-22-5-3-4-6-27(22)34/h3-14,19-20H,15-18H2,1-2H3,(H,33,35). The van der Waals surface area contributed by atoms with Gasteiger partial charge in [-0.3, -0.25) is 9.10 Å². The van der Waals surface area contributed by atoms with Crippen LogP contribution < -0.4 is 19.1 Å². The molecule has 41 heavy (non-hydrogen) atoms. The van der Waals surface area contributed by atoms with Gasteiger partial charge < -0.3 is 14.8 Å². The normalized spacial score (nSPS) is 12.6. The largest absolute Gasteiger partial charge is 0.493 e. The first-order valence-corrected chi connectivity index (χ1v) is 15.2. The number of nitrogens with one attached hydrogen (secondary N) is 1. The Balaban J connectivity index is 1.41. The molecule has 4 aromatic carbocycles. The molecule has 0 unspecified atom stereocenters. The van der Waals surface area contributed by atoms with Gasteiger partial charge in [0.25, 0.3) is 15.9 Å². The Labute approximate surface area is 243 Å². The van der Waals surface area contributed by atoms with Crippen LogP contribution in [0.3, 0.4) is 0 Å². The quantitative estimate of drug-likeness (QED) is 0.254. The van der Waals surface area contributed by atoms with Crippen molar-refractivity contribution in [1.29, 1.82) is 0 Å². The van der Waals surface area contributed by atoms with Crippen LogP contribution in [-0.4, -0.2) is 41.6 Å². The Bertz CT molecular complexity index is 1680. The van der Waals surface area contributed by atoms with Crippen molar-refractivity contribution < 1.29 is 27.1 Å². The van der Waals surface area contributed by atoms with Crippen molar-refractivity contribution in [2.45, 2.75) is 27.5 Å².